The van der Waals surface area contributed by atoms with Crippen LogP contribution in [0.3, 0.4) is 0 Å². The standard InChI is InChI=1S/C11H19F3N2O/c12-11(13,14)6-16(8-3-4-8)9(5-17)10(15)7-1-2-7/h7-10,17H,1-6,15H2. The first kappa shape index (κ1) is 13.1. The molecule has 3 nitrogen and oxygen atoms in total. The van der Waals surface area contributed by atoms with Crippen LogP contribution in [-0.2, 0) is 0 Å². The van der Waals surface area contributed by atoms with Gasteiger partial charge in [-0.3, -0.25) is 4.90 Å². The zero-order chi connectivity index (χ0) is 12.6. The van der Waals surface area contributed by atoms with E-state index in [1.807, 2.05) is 0 Å². The second kappa shape index (κ2) is 4.74. The maximum Gasteiger partial charge on any atom is 0.401 e. The summed E-state index contributed by atoms with van der Waals surface area (Å²) >= 11 is 0. The quantitative estimate of drug-likeness (QED) is 0.744. The zero-order valence-corrected chi connectivity index (χ0v) is 9.66. The van der Waals surface area contributed by atoms with Gasteiger partial charge in [-0.25, -0.2) is 0 Å². The number of aliphatic hydroxyl groups is 1. The average molecular weight is 252 g/mol. The molecule has 0 heterocycles. The van der Waals surface area contributed by atoms with Crippen LogP contribution in [-0.4, -0.2) is 47.5 Å². The highest BCUT2D eigenvalue weighted by Crippen LogP contribution is 2.38. The summed E-state index contributed by atoms with van der Waals surface area (Å²) in [5.41, 5.74) is 5.95. The van der Waals surface area contributed by atoms with Crippen LogP contribution < -0.4 is 5.73 Å². The van der Waals surface area contributed by atoms with Crippen molar-refractivity contribution in [2.45, 2.75) is 50.0 Å². The first-order valence-corrected chi connectivity index (χ1v) is 6.11. The SMILES string of the molecule is NC(C1CC1)C(CO)N(CC(F)(F)F)C1CC1. The average Bonchev–Trinajstić information content (AvgIpc) is 3.07. The topological polar surface area (TPSA) is 49.5 Å². The second-order valence-corrected chi connectivity index (χ2v) is 5.18. The highest BCUT2D eigenvalue weighted by atomic mass is 19.4. The van der Waals surface area contributed by atoms with Gasteiger partial charge >= 0.3 is 6.18 Å². The third-order valence-corrected chi connectivity index (χ3v) is 3.60. The Kier molecular flexibility index (Phi) is 3.66. The van der Waals surface area contributed by atoms with E-state index in [0.717, 1.165) is 25.7 Å². The van der Waals surface area contributed by atoms with E-state index in [9.17, 15) is 18.3 Å². The van der Waals surface area contributed by atoms with Gasteiger partial charge in [0.15, 0.2) is 0 Å². The number of nitrogens with two attached hydrogens (primary N) is 1. The lowest BCUT2D eigenvalue weighted by Crippen LogP contribution is -2.54. The molecule has 2 aliphatic carbocycles. The number of rotatable bonds is 6. The van der Waals surface area contributed by atoms with Crippen molar-refractivity contribution in [1.82, 2.24) is 4.90 Å². The van der Waals surface area contributed by atoms with Gasteiger partial charge in [0.1, 0.15) is 0 Å². The molecule has 0 aromatic rings. The fourth-order valence-electron chi connectivity index (χ4n) is 2.37. The normalized spacial score (nSPS) is 25.1. The summed E-state index contributed by atoms with van der Waals surface area (Å²) in [6.45, 7) is -1.24. The number of alkyl halides is 3. The van der Waals surface area contributed by atoms with Crippen LogP contribution in [0.4, 0.5) is 13.2 Å². The Bertz CT molecular complexity index is 264. The summed E-state index contributed by atoms with van der Waals surface area (Å²) in [4.78, 5) is 1.36. The minimum atomic E-state index is -4.22. The Hall–Kier alpha value is -0.330. The lowest BCUT2D eigenvalue weighted by Gasteiger charge is -2.35. The molecule has 2 atom stereocenters. The summed E-state index contributed by atoms with van der Waals surface area (Å²) in [7, 11) is 0. The minimum absolute atomic E-state index is 0.0430. The summed E-state index contributed by atoms with van der Waals surface area (Å²) in [5, 5.41) is 9.33. The van der Waals surface area contributed by atoms with Gasteiger partial charge in [-0.1, -0.05) is 0 Å². The summed E-state index contributed by atoms with van der Waals surface area (Å²) in [6.07, 6.45) is -0.711. The van der Waals surface area contributed by atoms with Gasteiger partial charge in [0, 0.05) is 18.1 Å². The molecule has 0 amide bonds. The number of halogens is 3. The smallest absolute Gasteiger partial charge is 0.395 e. The first-order chi connectivity index (χ1) is 7.92. The Morgan fingerprint density at radius 3 is 2.18 bits per heavy atom. The van der Waals surface area contributed by atoms with Crippen LogP contribution in [0.25, 0.3) is 0 Å². The molecule has 0 bridgehead atoms. The van der Waals surface area contributed by atoms with Gasteiger partial charge in [-0.2, -0.15) is 13.2 Å². The lowest BCUT2D eigenvalue weighted by molar-refractivity contribution is -0.155. The molecule has 3 N–H and O–H groups in total. The molecule has 0 aromatic carbocycles. The van der Waals surface area contributed by atoms with E-state index in [1.54, 1.807) is 0 Å². The maximum atomic E-state index is 12.5. The van der Waals surface area contributed by atoms with Gasteiger partial charge in [-0.15, -0.1) is 0 Å². The molecule has 0 aromatic heterocycles. The van der Waals surface area contributed by atoms with Crippen molar-refractivity contribution in [1.29, 1.82) is 0 Å². The van der Waals surface area contributed by atoms with Crippen molar-refractivity contribution in [2.24, 2.45) is 11.7 Å². The summed E-state index contributed by atoms with van der Waals surface area (Å²) in [6, 6.07) is -0.918. The Morgan fingerprint density at radius 2 is 1.82 bits per heavy atom. The third-order valence-electron chi connectivity index (χ3n) is 3.60. The van der Waals surface area contributed by atoms with Crippen molar-refractivity contribution in [3.8, 4) is 0 Å². The summed E-state index contributed by atoms with van der Waals surface area (Å²) < 4.78 is 37.5. The molecule has 6 heteroatoms. The molecular weight excluding hydrogens is 233 g/mol. The van der Waals surface area contributed by atoms with E-state index in [4.69, 9.17) is 5.73 Å². The van der Waals surface area contributed by atoms with E-state index >= 15 is 0 Å². The molecule has 2 rings (SSSR count). The first-order valence-electron chi connectivity index (χ1n) is 6.11. The van der Waals surface area contributed by atoms with E-state index < -0.39 is 18.8 Å². The van der Waals surface area contributed by atoms with Crippen LogP contribution >= 0.6 is 0 Å². The Morgan fingerprint density at radius 1 is 1.24 bits per heavy atom. The highest BCUT2D eigenvalue weighted by Gasteiger charge is 2.45. The van der Waals surface area contributed by atoms with Crippen LogP contribution in [0.1, 0.15) is 25.7 Å². The Labute approximate surface area is 98.8 Å². The molecular formula is C11H19F3N2O. The molecule has 2 saturated carbocycles. The molecule has 2 aliphatic rings. The van der Waals surface area contributed by atoms with Gasteiger partial charge in [0.2, 0.25) is 0 Å². The van der Waals surface area contributed by atoms with E-state index in [-0.39, 0.29) is 18.7 Å². The Balaban J connectivity index is 2.01. The fraction of sp³-hybridized carbons (Fsp3) is 1.00. The van der Waals surface area contributed by atoms with Crippen molar-refractivity contribution >= 4 is 0 Å². The van der Waals surface area contributed by atoms with Gasteiger partial charge in [0.25, 0.3) is 0 Å². The molecule has 0 spiro atoms. The minimum Gasteiger partial charge on any atom is -0.395 e. The van der Waals surface area contributed by atoms with Crippen LogP contribution in [0.2, 0.25) is 0 Å². The number of aliphatic hydroxyl groups excluding tert-OH is 1. The van der Waals surface area contributed by atoms with E-state index in [0.29, 0.717) is 5.92 Å². The zero-order valence-electron chi connectivity index (χ0n) is 9.66. The van der Waals surface area contributed by atoms with E-state index in [2.05, 4.69) is 0 Å². The van der Waals surface area contributed by atoms with Gasteiger partial charge in [0.05, 0.1) is 13.2 Å². The van der Waals surface area contributed by atoms with Crippen molar-refractivity contribution in [3.63, 3.8) is 0 Å². The molecule has 0 radical (unpaired) electrons. The van der Waals surface area contributed by atoms with Crippen molar-refractivity contribution in [2.75, 3.05) is 13.2 Å². The van der Waals surface area contributed by atoms with E-state index in [1.165, 1.54) is 4.90 Å². The molecule has 0 aliphatic heterocycles. The van der Waals surface area contributed by atoms with Crippen LogP contribution in [0.15, 0.2) is 0 Å². The molecule has 0 saturated heterocycles. The monoisotopic (exact) mass is 252 g/mol. The van der Waals surface area contributed by atoms with Crippen LogP contribution in [0.5, 0.6) is 0 Å². The summed E-state index contributed by atoms with van der Waals surface area (Å²) in [5.74, 6) is 0.293. The molecule has 100 valence electrons. The predicted molar refractivity (Wildman–Crippen MR) is 57.4 cm³/mol. The second-order valence-electron chi connectivity index (χ2n) is 5.18. The van der Waals surface area contributed by atoms with Gasteiger partial charge < -0.3 is 10.8 Å². The highest BCUT2D eigenvalue weighted by molar-refractivity contribution is 4.98. The predicted octanol–water partition coefficient (Wildman–Crippen LogP) is 1.11. The molecule has 17 heavy (non-hydrogen) atoms. The third kappa shape index (κ3) is 3.56. The number of hydrogen-bond acceptors (Lipinski definition) is 3. The molecule has 2 fully saturated rings. The number of nitrogens with zero attached hydrogens (tertiary/aromatic N) is 1. The van der Waals surface area contributed by atoms with Crippen molar-refractivity contribution < 1.29 is 18.3 Å². The largest absolute Gasteiger partial charge is 0.401 e. The fourth-order valence-corrected chi connectivity index (χ4v) is 2.37. The number of hydrogen-bond donors (Lipinski definition) is 2. The van der Waals surface area contributed by atoms with Gasteiger partial charge in [-0.05, 0) is 31.6 Å². The van der Waals surface area contributed by atoms with Crippen molar-refractivity contribution in [3.05, 3.63) is 0 Å². The molecule has 2 unspecified atom stereocenters. The maximum absolute atomic E-state index is 12.5. The van der Waals surface area contributed by atoms with Crippen LogP contribution in [0, 0.1) is 5.92 Å². The lowest BCUT2D eigenvalue weighted by atomic mass is 10.0.